The number of pyridine rings is 1. The summed E-state index contributed by atoms with van der Waals surface area (Å²) >= 11 is 4.90. The van der Waals surface area contributed by atoms with E-state index < -0.39 is 10.0 Å². The molecule has 0 spiro atoms. The SMILES string of the molecule is CC1CCN(S(=O)(=O)c2cccnc2C(N)=S)C(C)C1. The normalized spacial score (nSPS) is 24.5. The monoisotopic (exact) mass is 313 g/mol. The maximum Gasteiger partial charge on any atom is 0.245 e. The Morgan fingerprint density at radius 1 is 1.50 bits per heavy atom. The van der Waals surface area contributed by atoms with Gasteiger partial charge >= 0.3 is 0 Å². The van der Waals surface area contributed by atoms with Crippen molar-refractivity contribution >= 4 is 27.2 Å². The number of aromatic nitrogens is 1. The molecule has 1 aliphatic rings. The lowest BCUT2D eigenvalue weighted by Crippen LogP contribution is -2.44. The lowest BCUT2D eigenvalue weighted by atomic mass is 9.95. The fourth-order valence-corrected chi connectivity index (χ4v) is 4.70. The van der Waals surface area contributed by atoms with E-state index in [0.717, 1.165) is 12.8 Å². The first-order chi connectivity index (χ1) is 9.34. The molecule has 2 atom stereocenters. The summed E-state index contributed by atoms with van der Waals surface area (Å²) in [4.78, 5) is 4.11. The summed E-state index contributed by atoms with van der Waals surface area (Å²) in [7, 11) is -3.61. The van der Waals surface area contributed by atoms with Crippen molar-refractivity contribution in [3.05, 3.63) is 24.0 Å². The average molecular weight is 313 g/mol. The molecule has 5 nitrogen and oxygen atoms in total. The van der Waals surface area contributed by atoms with E-state index >= 15 is 0 Å². The van der Waals surface area contributed by atoms with E-state index in [9.17, 15) is 8.42 Å². The van der Waals surface area contributed by atoms with Crippen LogP contribution in [0.2, 0.25) is 0 Å². The van der Waals surface area contributed by atoms with E-state index in [1.807, 2.05) is 6.92 Å². The van der Waals surface area contributed by atoms with E-state index in [4.69, 9.17) is 18.0 Å². The molecule has 0 aliphatic carbocycles. The van der Waals surface area contributed by atoms with Crippen LogP contribution in [0.5, 0.6) is 0 Å². The van der Waals surface area contributed by atoms with E-state index in [0.29, 0.717) is 12.5 Å². The quantitative estimate of drug-likeness (QED) is 0.856. The van der Waals surface area contributed by atoms with Gasteiger partial charge in [-0.25, -0.2) is 8.42 Å². The Kier molecular flexibility index (Phi) is 4.41. The molecule has 20 heavy (non-hydrogen) atoms. The van der Waals surface area contributed by atoms with Crippen LogP contribution < -0.4 is 5.73 Å². The van der Waals surface area contributed by atoms with E-state index in [1.54, 1.807) is 6.07 Å². The van der Waals surface area contributed by atoms with Gasteiger partial charge < -0.3 is 5.73 Å². The minimum atomic E-state index is -3.61. The van der Waals surface area contributed by atoms with Crippen LogP contribution in [0.4, 0.5) is 0 Å². The molecule has 0 saturated carbocycles. The molecule has 0 bridgehead atoms. The molecule has 2 N–H and O–H groups in total. The lowest BCUT2D eigenvalue weighted by molar-refractivity contribution is 0.220. The van der Waals surface area contributed by atoms with Gasteiger partial charge in [-0.2, -0.15) is 4.31 Å². The fraction of sp³-hybridized carbons (Fsp3) is 0.538. The van der Waals surface area contributed by atoms with Crippen LogP contribution in [0, 0.1) is 5.92 Å². The molecule has 0 aromatic carbocycles. The van der Waals surface area contributed by atoms with Gasteiger partial charge in [0.05, 0.1) is 0 Å². The van der Waals surface area contributed by atoms with Crippen molar-refractivity contribution in [2.24, 2.45) is 11.7 Å². The maximum absolute atomic E-state index is 12.8. The first kappa shape index (κ1) is 15.3. The highest BCUT2D eigenvalue weighted by molar-refractivity contribution is 7.89. The second-order valence-electron chi connectivity index (χ2n) is 5.31. The summed E-state index contributed by atoms with van der Waals surface area (Å²) in [5, 5.41) is 0. The topological polar surface area (TPSA) is 76.3 Å². The molecule has 1 fully saturated rings. The van der Waals surface area contributed by atoms with Crippen molar-refractivity contribution in [2.45, 2.75) is 37.6 Å². The van der Waals surface area contributed by atoms with E-state index in [1.165, 1.54) is 16.6 Å². The molecule has 1 aromatic heterocycles. The van der Waals surface area contributed by atoms with Crippen LogP contribution in [0.3, 0.4) is 0 Å². The Morgan fingerprint density at radius 2 is 2.20 bits per heavy atom. The lowest BCUT2D eigenvalue weighted by Gasteiger charge is -2.35. The zero-order chi connectivity index (χ0) is 14.9. The van der Waals surface area contributed by atoms with Gasteiger partial charge in [0.15, 0.2) is 0 Å². The summed E-state index contributed by atoms with van der Waals surface area (Å²) in [6.45, 7) is 4.60. The molecule has 2 rings (SSSR count). The highest BCUT2D eigenvalue weighted by atomic mass is 32.2. The van der Waals surface area contributed by atoms with Gasteiger partial charge in [-0.15, -0.1) is 0 Å². The summed E-state index contributed by atoms with van der Waals surface area (Å²) in [6.07, 6.45) is 3.23. The second-order valence-corrected chi connectivity index (χ2v) is 7.61. The zero-order valence-corrected chi connectivity index (χ0v) is 13.2. The van der Waals surface area contributed by atoms with E-state index in [-0.39, 0.29) is 21.6 Å². The largest absolute Gasteiger partial charge is 0.388 e. The molecule has 7 heteroatoms. The third-order valence-electron chi connectivity index (χ3n) is 3.67. The van der Waals surface area contributed by atoms with Gasteiger partial charge in [0.25, 0.3) is 0 Å². The summed E-state index contributed by atoms with van der Waals surface area (Å²) in [5.74, 6) is 0.542. The summed E-state index contributed by atoms with van der Waals surface area (Å²) in [5.41, 5.74) is 5.76. The molecular formula is C13H19N3O2S2. The standard InChI is InChI=1S/C13H19N3O2S2/c1-9-5-7-16(10(2)8-9)20(17,18)11-4-3-6-15-12(11)13(14)19/h3-4,6,9-10H,5,7-8H2,1-2H3,(H2,14,19). The van der Waals surface area contributed by atoms with Crippen LogP contribution in [0.25, 0.3) is 0 Å². The zero-order valence-electron chi connectivity index (χ0n) is 11.6. The third-order valence-corrected chi connectivity index (χ3v) is 5.91. The molecule has 1 saturated heterocycles. The molecule has 1 aromatic rings. The number of sulfonamides is 1. The van der Waals surface area contributed by atoms with Crippen molar-refractivity contribution in [3.63, 3.8) is 0 Å². The number of nitrogens with two attached hydrogens (primary N) is 1. The number of rotatable bonds is 3. The number of nitrogens with zero attached hydrogens (tertiary/aromatic N) is 2. The fourth-order valence-electron chi connectivity index (χ4n) is 2.65. The molecule has 0 radical (unpaired) electrons. The Labute approximate surface area is 125 Å². The van der Waals surface area contributed by atoms with Gasteiger partial charge in [0, 0.05) is 18.8 Å². The minimum absolute atomic E-state index is 0.00204. The van der Waals surface area contributed by atoms with Crippen LogP contribution in [0.1, 0.15) is 32.4 Å². The van der Waals surface area contributed by atoms with E-state index in [2.05, 4.69) is 11.9 Å². The first-order valence-electron chi connectivity index (χ1n) is 6.60. The van der Waals surface area contributed by atoms with Gasteiger partial charge in [-0.3, -0.25) is 4.98 Å². The predicted molar refractivity (Wildman–Crippen MR) is 81.9 cm³/mol. The highest BCUT2D eigenvalue weighted by Gasteiger charge is 2.35. The molecule has 2 unspecified atom stereocenters. The van der Waals surface area contributed by atoms with Gasteiger partial charge in [-0.05, 0) is 37.8 Å². The van der Waals surface area contributed by atoms with Gasteiger partial charge in [0.2, 0.25) is 10.0 Å². The Hall–Kier alpha value is -1.05. The van der Waals surface area contributed by atoms with Gasteiger partial charge in [0.1, 0.15) is 15.6 Å². The van der Waals surface area contributed by atoms with Crippen LogP contribution in [-0.4, -0.2) is 35.3 Å². The van der Waals surface area contributed by atoms with Crippen LogP contribution >= 0.6 is 12.2 Å². The Bertz CT molecular complexity index is 616. The molecular weight excluding hydrogens is 294 g/mol. The number of thiocarbonyl (C=S) groups is 1. The predicted octanol–water partition coefficient (Wildman–Crippen LogP) is 1.52. The highest BCUT2D eigenvalue weighted by Crippen LogP contribution is 2.28. The smallest absolute Gasteiger partial charge is 0.245 e. The van der Waals surface area contributed by atoms with Crippen molar-refractivity contribution in [1.82, 2.24) is 9.29 Å². The molecule has 2 heterocycles. The van der Waals surface area contributed by atoms with Crippen molar-refractivity contribution < 1.29 is 8.42 Å². The first-order valence-corrected chi connectivity index (χ1v) is 8.45. The second kappa shape index (κ2) is 5.75. The van der Waals surface area contributed by atoms with Gasteiger partial charge in [-0.1, -0.05) is 19.1 Å². The number of piperidine rings is 1. The van der Waals surface area contributed by atoms with Crippen molar-refractivity contribution in [2.75, 3.05) is 6.54 Å². The third kappa shape index (κ3) is 2.84. The average Bonchev–Trinajstić information content (AvgIpc) is 2.38. The minimum Gasteiger partial charge on any atom is -0.388 e. The van der Waals surface area contributed by atoms with Crippen molar-refractivity contribution in [3.8, 4) is 0 Å². The molecule has 110 valence electrons. The maximum atomic E-state index is 12.8. The summed E-state index contributed by atoms with van der Waals surface area (Å²) < 4.78 is 27.1. The number of hydrogen-bond donors (Lipinski definition) is 1. The van der Waals surface area contributed by atoms with Crippen LogP contribution in [-0.2, 0) is 10.0 Å². The van der Waals surface area contributed by atoms with Crippen molar-refractivity contribution in [1.29, 1.82) is 0 Å². The molecule has 1 aliphatic heterocycles. The Morgan fingerprint density at radius 3 is 2.80 bits per heavy atom. The number of hydrogen-bond acceptors (Lipinski definition) is 4. The summed E-state index contributed by atoms with van der Waals surface area (Å²) in [6, 6.07) is 3.08. The molecule has 0 amide bonds. The Balaban J connectivity index is 2.43. The van der Waals surface area contributed by atoms with Crippen LogP contribution in [0.15, 0.2) is 23.2 Å².